The molecule has 1 N–H and O–H groups in total. The summed E-state index contributed by atoms with van der Waals surface area (Å²) in [6, 6.07) is 9.11. The van der Waals surface area contributed by atoms with Crippen LogP contribution in [0.5, 0.6) is 0 Å². The Morgan fingerprint density at radius 2 is 1.74 bits per heavy atom. The molecule has 1 atom stereocenters. The molecular weight excluding hydrogens is 304 g/mol. The lowest BCUT2D eigenvalue weighted by Gasteiger charge is -2.36. The van der Waals surface area contributed by atoms with E-state index in [1.807, 2.05) is 12.1 Å². The van der Waals surface area contributed by atoms with Crippen LogP contribution in [-0.2, 0) is 0 Å². The zero-order valence-electron chi connectivity index (χ0n) is 14.6. The standard InChI is InChI=1S/C20H31ClN2/c1-15(2)20(22-13-16-3-4-16)14-23-11-9-18(10-12-23)17-5-7-19(21)8-6-17/h5-8,15-16,18,20,22H,3-4,9-14H2,1-2H3/t20-/m0/s1. The number of nitrogens with one attached hydrogen (secondary N) is 1. The van der Waals surface area contributed by atoms with Gasteiger partial charge in [0.25, 0.3) is 0 Å². The van der Waals surface area contributed by atoms with Crippen LogP contribution in [0.15, 0.2) is 24.3 Å². The zero-order valence-corrected chi connectivity index (χ0v) is 15.4. The van der Waals surface area contributed by atoms with Gasteiger partial charge in [0, 0.05) is 17.6 Å². The Balaban J connectivity index is 1.46. The first-order valence-corrected chi connectivity index (χ1v) is 9.71. The number of hydrogen-bond acceptors (Lipinski definition) is 2. The summed E-state index contributed by atoms with van der Waals surface area (Å²) in [5.74, 6) is 2.38. The molecule has 128 valence electrons. The Morgan fingerprint density at radius 1 is 1.09 bits per heavy atom. The van der Waals surface area contributed by atoms with Crippen molar-refractivity contribution >= 4 is 11.6 Å². The van der Waals surface area contributed by atoms with Crippen LogP contribution in [0.25, 0.3) is 0 Å². The number of piperidine rings is 1. The average Bonchev–Trinajstić information content (AvgIpc) is 3.37. The first-order valence-electron chi connectivity index (χ1n) is 9.33. The Hall–Kier alpha value is -0.570. The van der Waals surface area contributed by atoms with Crippen molar-refractivity contribution in [3.8, 4) is 0 Å². The summed E-state index contributed by atoms with van der Waals surface area (Å²) in [6.45, 7) is 9.58. The molecule has 0 bridgehead atoms. The topological polar surface area (TPSA) is 15.3 Å². The maximum Gasteiger partial charge on any atom is 0.0406 e. The molecule has 1 aliphatic heterocycles. The van der Waals surface area contributed by atoms with E-state index in [0.29, 0.717) is 17.9 Å². The van der Waals surface area contributed by atoms with Crippen LogP contribution < -0.4 is 5.32 Å². The van der Waals surface area contributed by atoms with E-state index in [1.54, 1.807) is 0 Å². The lowest BCUT2D eigenvalue weighted by atomic mass is 9.89. The first kappa shape index (κ1) is 17.3. The van der Waals surface area contributed by atoms with Crippen molar-refractivity contribution in [2.45, 2.75) is 51.5 Å². The minimum Gasteiger partial charge on any atom is -0.312 e. The third-order valence-electron chi connectivity index (χ3n) is 5.55. The predicted octanol–water partition coefficient (Wildman–Crippen LogP) is 4.54. The third kappa shape index (κ3) is 5.20. The van der Waals surface area contributed by atoms with Gasteiger partial charge in [0.1, 0.15) is 0 Å². The summed E-state index contributed by atoms with van der Waals surface area (Å²) in [5.41, 5.74) is 1.46. The second kappa shape index (κ2) is 8.00. The van der Waals surface area contributed by atoms with Gasteiger partial charge in [0.15, 0.2) is 0 Å². The summed E-state index contributed by atoms with van der Waals surface area (Å²) in [4.78, 5) is 2.66. The van der Waals surface area contributed by atoms with E-state index in [2.05, 4.69) is 36.2 Å². The quantitative estimate of drug-likeness (QED) is 0.787. The van der Waals surface area contributed by atoms with Gasteiger partial charge in [0.05, 0.1) is 0 Å². The highest BCUT2D eigenvalue weighted by molar-refractivity contribution is 6.30. The Morgan fingerprint density at radius 3 is 2.30 bits per heavy atom. The van der Waals surface area contributed by atoms with E-state index in [1.165, 1.54) is 57.4 Å². The van der Waals surface area contributed by atoms with Crippen LogP contribution in [0.2, 0.25) is 5.02 Å². The normalized spacial score (nSPS) is 21.7. The molecule has 3 heteroatoms. The molecule has 1 aromatic rings. The number of halogens is 1. The van der Waals surface area contributed by atoms with E-state index >= 15 is 0 Å². The van der Waals surface area contributed by atoms with Gasteiger partial charge in [-0.3, -0.25) is 0 Å². The predicted molar refractivity (Wildman–Crippen MR) is 99.2 cm³/mol. The highest BCUT2D eigenvalue weighted by Gasteiger charge is 2.26. The van der Waals surface area contributed by atoms with Crippen molar-refractivity contribution < 1.29 is 0 Å². The van der Waals surface area contributed by atoms with Crippen LogP contribution in [0.3, 0.4) is 0 Å². The SMILES string of the molecule is CC(C)[C@H](CN1CCC(c2ccc(Cl)cc2)CC1)NCC1CC1. The molecule has 1 aliphatic carbocycles. The lowest BCUT2D eigenvalue weighted by Crippen LogP contribution is -2.47. The van der Waals surface area contributed by atoms with E-state index in [-0.39, 0.29) is 0 Å². The van der Waals surface area contributed by atoms with Crippen molar-refractivity contribution in [2.75, 3.05) is 26.2 Å². The summed E-state index contributed by atoms with van der Waals surface area (Å²) in [7, 11) is 0. The van der Waals surface area contributed by atoms with Crippen LogP contribution in [0.4, 0.5) is 0 Å². The van der Waals surface area contributed by atoms with Gasteiger partial charge in [0.2, 0.25) is 0 Å². The number of likely N-dealkylation sites (tertiary alicyclic amines) is 1. The molecule has 23 heavy (non-hydrogen) atoms. The summed E-state index contributed by atoms with van der Waals surface area (Å²) in [6.07, 6.45) is 5.42. The molecule has 0 radical (unpaired) electrons. The molecule has 1 heterocycles. The molecule has 0 aromatic heterocycles. The van der Waals surface area contributed by atoms with Gasteiger partial charge in [-0.2, -0.15) is 0 Å². The maximum atomic E-state index is 6.00. The Bertz CT molecular complexity index is 473. The van der Waals surface area contributed by atoms with E-state index < -0.39 is 0 Å². The minimum absolute atomic E-state index is 0.641. The summed E-state index contributed by atoms with van der Waals surface area (Å²) < 4.78 is 0. The van der Waals surface area contributed by atoms with Gasteiger partial charge in [-0.15, -0.1) is 0 Å². The van der Waals surface area contributed by atoms with Gasteiger partial charge < -0.3 is 10.2 Å². The van der Waals surface area contributed by atoms with E-state index in [0.717, 1.165) is 10.9 Å². The molecule has 0 amide bonds. The molecule has 2 nitrogen and oxygen atoms in total. The van der Waals surface area contributed by atoms with Gasteiger partial charge in [-0.05, 0) is 80.8 Å². The van der Waals surface area contributed by atoms with Gasteiger partial charge in [-0.25, -0.2) is 0 Å². The molecule has 0 spiro atoms. The van der Waals surface area contributed by atoms with Crippen molar-refractivity contribution in [1.82, 2.24) is 10.2 Å². The molecule has 2 aliphatic rings. The minimum atomic E-state index is 0.641. The molecule has 1 saturated carbocycles. The fourth-order valence-corrected chi connectivity index (χ4v) is 3.74. The Kier molecular flexibility index (Phi) is 6.01. The maximum absolute atomic E-state index is 6.00. The van der Waals surface area contributed by atoms with Crippen molar-refractivity contribution in [3.63, 3.8) is 0 Å². The van der Waals surface area contributed by atoms with Crippen LogP contribution in [0.1, 0.15) is 51.0 Å². The smallest absolute Gasteiger partial charge is 0.0406 e. The largest absolute Gasteiger partial charge is 0.312 e. The molecule has 2 fully saturated rings. The summed E-state index contributed by atoms with van der Waals surface area (Å²) >= 11 is 6.00. The lowest BCUT2D eigenvalue weighted by molar-refractivity contribution is 0.175. The van der Waals surface area contributed by atoms with Crippen LogP contribution >= 0.6 is 11.6 Å². The molecule has 0 unspecified atom stereocenters. The third-order valence-corrected chi connectivity index (χ3v) is 5.81. The molecular formula is C20H31ClN2. The fraction of sp³-hybridized carbons (Fsp3) is 0.700. The fourth-order valence-electron chi connectivity index (χ4n) is 3.61. The van der Waals surface area contributed by atoms with E-state index in [9.17, 15) is 0 Å². The van der Waals surface area contributed by atoms with Gasteiger partial charge >= 0.3 is 0 Å². The van der Waals surface area contributed by atoms with E-state index in [4.69, 9.17) is 11.6 Å². The van der Waals surface area contributed by atoms with Crippen molar-refractivity contribution in [1.29, 1.82) is 0 Å². The van der Waals surface area contributed by atoms with Crippen LogP contribution in [-0.4, -0.2) is 37.1 Å². The Labute approximate surface area is 146 Å². The zero-order chi connectivity index (χ0) is 16.2. The molecule has 1 aromatic carbocycles. The van der Waals surface area contributed by atoms with Crippen LogP contribution in [0, 0.1) is 11.8 Å². The van der Waals surface area contributed by atoms with Gasteiger partial charge in [-0.1, -0.05) is 37.6 Å². The molecule has 1 saturated heterocycles. The highest BCUT2D eigenvalue weighted by atomic mass is 35.5. The van der Waals surface area contributed by atoms with Crippen molar-refractivity contribution in [3.05, 3.63) is 34.9 Å². The highest BCUT2D eigenvalue weighted by Crippen LogP contribution is 2.30. The first-order chi connectivity index (χ1) is 11.1. The second-order valence-corrected chi connectivity index (χ2v) is 8.27. The van der Waals surface area contributed by atoms with Crippen molar-refractivity contribution in [2.24, 2.45) is 11.8 Å². The molecule has 3 rings (SSSR count). The average molecular weight is 335 g/mol. The number of hydrogen-bond donors (Lipinski definition) is 1. The second-order valence-electron chi connectivity index (χ2n) is 7.83. The summed E-state index contributed by atoms with van der Waals surface area (Å²) in [5, 5.41) is 4.66. The monoisotopic (exact) mass is 334 g/mol. The number of rotatable bonds is 7. The number of benzene rings is 1. The number of nitrogens with zero attached hydrogens (tertiary/aromatic N) is 1.